The van der Waals surface area contributed by atoms with Gasteiger partial charge >= 0.3 is 0 Å². The van der Waals surface area contributed by atoms with Crippen LogP contribution in [0, 0.1) is 18.8 Å². The molecular weight excluding hydrogens is 460 g/mol. The largest absolute Gasteiger partial charge is 0.354 e. The molecule has 5 rings (SSSR count). The highest BCUT2D eigenvalue weighted by Gasteiger charge is 2.25. The number of thiophene rings is 1. The summed E-state index contributed by atoms with van der Waals surface area (Å²) in [5, 5.41) is 10.3. The van der Waals surface area contributed by atoms with Crippen LogP contribution in [-0.4, -0.2) is 35.5 Å². The summed E-state index contributed by atoms with van der Waals surface area (Å²) >= 11 is 1.81. The Kier molecular flexibility index (Phi) is 12.7. The van der Waals surface area contributed by atoms with Crippen molar-refractivity contribution >= 4 is 33.1 Å². The summed E-state index contributed by atoms with van der Waals surface area (Å²) in [6, 6.07) is 8.77. The molecule has 0 atom stereocenters. The lowest BCUT2D eigenvalue weighted by atomic mass is 9.89. The zero-order valence-electron chi connectivity index (χ0n) is 22.9. The maximum atomic E-state index is 5.03. The number of piperidine rings is 1. The number of hydrogen-bond acceptors (Lipinski definition) is 4. The highest BCUT2D eigenvalue weighted by atomic mass is 32.1. The molecule has 3 heterocycles. The molecule has 1 aliphatic heterocycles. The van der Waals surface area contributed by atoms with E-state index in [0.717, 1.165) is 31.4 Å². The molecule has 2 fully saturated rings. The van der Waals surface area contributed by atoms with Gasteiger partial charge in [-0.2, -0.15) is 5.10 Å². The predicted molar refractivity (Wildman–Crippen MR) is 163 cm³/mol. The first-order chi connectivity index (χ1) is 17.2. The molecule has 1 aromatic carbocycles. The number of aryl methyl sites for hydroxylation is 1. The molecule has 2 aromatic heterocycles. The Bertz CT molecular complexity index is 1030. The van der Waals surface area contributed by atoms with E-state index in [4.69, 9.17) is 10.1 Å². The smallest absolute Gasteiger partial charge is 0.168 e. The monoisotopic (exact) mass is 510 g/mol. The van der Waals surface area contributed by atoms with Gasteiger partial charge in [0.05, 0.1) is 10.2 Å². The van der Waals surface area contributed by atoms with E-state index >= 15 is 0 Å². The Morgan fingerprint density at radius 2 is 1.64 bits per heavy atom. The van der Waals surface area contributed by atoms with Gasteiger partial charge in [-0.05, 0) is 56.9 Å². The van der Waals surface area contributed by atoms with E-state index < -0.39 is 0 Å². The van der Waals surface area contributed by atoms with Crippen LogP contribution in [0.4, 0.5) is 5.82 Å². The van der Waals surface area contributed by atoms with E-state index in [0.29, 0.717) is 5.92 Å². The van der Waals surface area contributed by atoms with Crippen LogP contribution in [0.2, 0.25) is 0 Å². The highest BCUT2D eigenvalue weighted by molar-refractivity contribution is 7.18. The van der Waals surface area contributed by atoms with Crippen molar-refractivity contribution in [3.8, 4) is 11.1 Å². The predicted octanol–water partition coefficient (Wildman–Crippen LogP) is 9.55. The fourth-order valence-electron chi connectivity index (χ4n) is 5.23. The Balaban J connectivity index is 0.000000871. The van der Waals surface area contributed by atoms with Crippen molar-refractivity contribution in [2.75, 3.05) is 24.5 Å². The molecule has 1 N–H and O–H groups in total. The normalized spacial score (nSPS) is 17.1. The van der Waals surface area contributed by atoms with Gasteiger partial charge < -0.3 is 4.90 Å². The van der Waals surface area contributed by atoms with Crippen molar-refractivity contribution in [1.29, 1.82) is 0 Å². The molecule has 36 heavy (non-hydrogen) atoms. The number of H-pyrrole nitrogens is 1. The second-order valence-corrected chi connectivity index (χ2v) is 10.4. The molecule has 0 spiro atoms. The number of aromatic nitrogens is 2. The lowest BCUT2D eigenvalue weighted by molar-refractivity contribution is 0.366. The summed E-state index contributed by atoms with van der Waals surface area (Å²) in [6.07, 6.45) is 9.38. The van der Waals surface area contributed by atoms with Crippen molar-refractivity contribution in [3.63, 3.8) is 0 Å². The van der Waals surface area contributed by atoms with Crippen LogP contribution in [0.5, 0.6) is 0 Å². The molecule has 4 nitrogen and oxygen atoms in total. The van der Waals surface area contributed by atoms with Gasteiger partial charge in [-0.25, -0.2) is 0 Å². The van der Waals surface area contributed by atoms with Gasteiger partial charge in [-0.15, -0.1) is 11.3 Å². The van der Waals surface area contributed by atoms with Gasteiger partial charge in [0.2, 0.25) is 0 Å². The minimum absolute atomic E-state index is 0. The first kappa shape index (κ1) is 30.1. The Labute approximate surface area is 224 Å². The van der Waals surface area contributed by atoms with Crippen LogP contribution in [-0.2, 0) is 0 Å². The van der Waals surface area contributed by atoms with E-state index in [-0.39, 0.29) is 7.43 Å². The molecular formula is C31H50N4S. The number of nitrogens with one attached hydrogen (secondary N) is 1. The molecule has 0 radical (unpaired) electrons. The molecule has 0 bridgehead atoms. The number of benzene rings is 1. The maximum Gasteiger partial charge on any atom is 0.168 e. The van der Waals surface area contributed by atoms with E-state index in [1.165, 1.54) is 77.6 Å². The Morgan fingerprint density at radius 3 is 2.28 bits per heavy atom. The average molecular weight is 511 g/mol. The zero-order valence-corrected chi connectivity index (χ0v) is 23.7. The van der Waals surface area contributed by atoms with Gasteiger partial charge in [0.25, 0.3) is 0 Å². The summed E-state index contributed by atoms with van der Waals surface area (Å²) < 4.78 is 1.29. The number of aliphatic imine (C=N–C) groups is 1. The standard InChI is InChI=1S/C26H34N4S.2C2H6.CH4/c1-18-8-10-22(11-9-18)23-17-31-25-24(23)28-29-26(25)30-14-12-21(13-15-30)19(2)27-16-20-6-4-3-5-7-20;2*1-2;/h8-11,17,20-21H,3-7,12-16H2,1-2H3,(H,28,29);2*1-2H3;1H4. The molecule has 1 aliphatic carbocycles. The van der Waals surface area contributed by atoms with Crippen molar-refractivity contribution in [2.24, 2.45) is 16.8 Å². The van der Waals surface area contributed by atoms with Gasteiger partial charge in [0.15, 0.2) is 5.82 Å². The average Bonchev–Trinajstić information content (AvgIpc) is 3.54. The highest BCUT2D eigenvalue weighted by Crippen LogP contribution is 2.38. The van der Waals surface area contributed by atoms with Crippen molar-refractivity contribution in [2.45, 2.75) is 93.9 Å². The molecule has 3 aromatic rings. The van der Waals surface area contributed by atoms with Crippen LogP contribution < -0.4 is 4.90 Å². The minimum Gasteiger partial charge on any atom is -0.354 e. The van der Waals surface area contributed by atoms with E-state index in [9.17, 15) is 0 Å². The van der Waals surface area contributed by atoms with Crippen molar-refractivity contribution < 1.29 is 0 Å². The van der Waals surface area contributed by atoms with Gasteiger partial charge in [-0.1, -0.05) is 84.2 Å². The van der Waals surface area contributed by atoms with Crippen molar-refractivity contribution in [3.05, 3.63) is 35.2 Å². The number of aromatic amines is 1. The Morgan fingerprint density at radius 1 is 1.00 bits per heavy atom. The third-order valence-electron chi connectivity index (χ3n) is 7.34. The molecule has 0 amide bonds. The topological polar surface area (TPSA) is 44.3 Å². The summed E-state index contributed by atoms with van der Waals surface area (Å²) in [5.41, 5.74) is 6.38. The molecule has 0 unspecified atom stereocenters. The van der Waals surface area contributed by atoms with Crippen LogP contribution in [0.1, 0.15) is 92.6 Å². The van der Waals surface area contributed by atoms with Crippen LogP contribution >= 0.6 is 11.3 Å². The molecule has 1 saturated carbocycles. The fraction of sp³-hybridized carbons (Fsp3) is 0.613. The van der Waals surface area contributed by atoms with Crippen molar-refractivity contribution in [1.82, 2.24) is 10.2 Å². The molecule has 1 saturated heterocycles. The summed E-state index contributed by atoms with van der Waals surface area (Å²) in [6.45, 7) is 15.6. The first-order valence-electron chi connectivity index (χ1n) is 14.0. The lowest BCUT2D eigenvalue weighted by Crippen LogP contribution is -2.36. The van der Waals surface area contributed by atoms with Crippen LogP contribution in [0.3, 0.4) is 0 Å². The molecule has 2 aliphatic rings. The van der Waals surface area contributed by atoms with E-state index in [2.05, 4.69) is 53.5 Å². The quantitative estimate of drug-likeness (QED) is 0.347. The van der Waals surface area contributed by atoms with Crippen LogP contribution in [0.15, 0.2) is 34.6 Å². The summed E-state index contributed by atoms with van der Waals surface area (Å²) in [7, 11) is 0. The third-order valence-corrected chi connectivity index (χ3v) is 8.32. The zero-order chi connectivity index (χ0) is 25.2. The fourth-order valence-corrected chi connectivity index (χ4v) is 6.28. The first-order valence-corrected chi connectivity index (χ1v) is 14.9. The van der Waals surface area contributed by atoms with Gasteiger partial charge in [-0.3, -0.25) is 10.1 Å². The van der Waals surface area contributed by atoms with E-state index in [1.807, 2.05) is 39.0 Å². The SMILES string of the molecule is C.CC.CC.CC(=NCC1CCCCC1)C1CCN(c2n[nH]c3c(-c4ccc(C)cc4)csc23)CC1. The number of fused-ring (bicyclic) bond motifs is 1. The summed E-state index contributed by atoms with van der Waals surface area (Å²) in [5.74, 6) is 2.61. The molecule has 200 valence electrons. The maximum absolute atomic E-state index is 5.03. The third kappa shape index (κ3) is 7.21. The van der Waals surface area contributed by atoms with Gasteiger partial charge in [0, 0.05) is 36.3 Å². The summed E-state index contributed by atoms with van der Waals surface area (Å²) in [4.78, 5) is 7.50. The minimum atomic E-state index is 0. The number of anilines is 1. The number of hydrogen-bond donors (Lipinski definition) is 1. The lowest BCUT2D eigenvalue weighted by Gasteiger charge is -2.32. The molecule has 5 heteroatoms. The number of nitrogens with zero attached hydrogens (tertiary/aromatic N) is 3. The van der Waals surface area contributed by atoms with Crippen LogP contribution in [0.25, 0.3) is 21.3 Å². The second kappa shape index (κ2) is 15.2. The Hall–Kier alpha value is -2.14. The second-order valence-electron chi connectivity index (χ2n) is 9.51. The van der Waals surface area contributed by atoms with Gasteiger partial charge in [0.1, 0.15) is 0 Å². The number of rotatable bonds is 5. The van der Waals surface area contributed by atoms with E-state index in [1.54, 1.807) is 0 Å².